The summed E-state index contributed by atoms with van der Waals surface area (Å²) in [6, 6.07) is 0. The molecule has 0 spiro atoms. The van der Waals surface area contributed by atoms with E-state index in [1.165, 1.54) is 0 Å². The molecule has 0 unspecified atom stereocenters. The third kappa shape index (κ3) is 4.96. The predicted molar refractivity (Wildman–Crippen MR) is 101 cm³/mol. The fourth-order valence-corrected chi connectivity index (χ4v) is 3.84. The molecule has 16 heteroatoms. The summed E-state index contributed by atoms with van der Waals surface area (Å²) in [6.45, 7) is -4.82. The Morgan fingerprint density at radius 1 is 0.588 bits per heavy atom. The van der Waals surface area contributed by atoms with Gasteiger partial charge in [-0.2, -0.15) is 0 Å². The molecule has 3 aliphatic rings. The largest absolute Gasteiger partial charge is 0.391 e. The molecule has 0 bridgehead atoms. The predicted octanol–water partition coefficient (Wildman–Crippen LogP) is -7.57. The third-order valence-electron chi connectivity index (χ3n) is 6.28. The molecule has 0 radical (unpaired) electrons. The third-order valence-corrected chi connectivity index (χ3v) is 6.28. The van der Waals surface area contributed by atoms with E-state index in [4.69, 9.17) is 23.7 Å². The zero-order valence-corrected chi connectivity index (χ0v) is 17.9. The summed E-state index contributed by atoms with van der Waals surface area (Å²) in [5.74, 6) is -7.40. The van der Waals surface area contributed by atoms with Gasteiger partial charge in [-0.15, -0.1) is 0 Å². The summed E-state index contributed by atoms with van der Waals surface area (Å²) in [5.41, 5.74) is 0. The molecule has 3 saturated heterocycles. The maximum Gasteiger partial charge on any atom is 0.221 e. The molecule has 0 amide bonds. The van der Waals surface area contributed by atoms with Gasteiger partial charge in [0.05, 0.1) is 19.8 Å². The first-order valence-corrected chi connectivity index (χ1v) is 10.5. The average Bonchev–Trinajstić information content (AvgIpc) is 2.83. The van der Waals surface area contributed by atoms with E-state index in [1.807, 2.05) is 0 Å². The van der Waals surface area contributed by atoms with Crippen LogP contribution in [-0.4, -0.2) is 168 Å². The SMILES string of the molecule is OC[C@@]1(OC[C@@]2(OC[C@@]3(O)OC[C@@H](O)[C@@H](O)[C@@H]3O)OC[C@@H](O)[C@@H](O)[C@@H]2O)OC[C@@H](O)[C@@H](O)[C@@H]1O. The van der Waals surface area contributed by atoms with Crippen LogP contribution in [-0.2, 0) is 23.7 Å². The molecule has 3 aliphatic heterocycles. The van der Waals surface area contributed by atoms with Crippen molar-refractivity contribution in [3.05, 3.63) is 0 Å². The summed E-state index contributed by atoms with van der Waals surface area (Å²) < 4.78 is 26.3. The summed E-state index contributed by atoms with van der Waals surface area (Å²) in [5, 5.41) is 110. The van der Waals surface area contributed by atoms with Crippen LogP contribution in [0.1, 0.15) is 0 Å². The molecule has 0 saturated carbocycles. The lowest BCUT2D eigenvalue weighted by Crippen LogP contribution is -2.69. The number of hydrogen-bond acceptors (Lipinski definition) is 16. The van der Waals surface area contributed by atoms with Gasteiger partial charge in [0.25, 0.3) is 0 Å². The van der Waals surface area contributed by atoms with Crippen molar-refractivity contribution in [1.82, 2.24) is 0 Å². The van der Waals surface area contributed by atoms with E-state index in [1.54, 1.807) is 0 Å². The number of ether oxygens (including phenoxy) is 5. The quantitative estimate of drug-likeness (QED) is 0.154. The molecule has 0 aliphatic carbocycles. The molecule has 3 heterocycles. The van der Waals surface area contributed by atoms with Gasteiger partial charge in [-0.05, 0) is 0 Å². The van der Waals surface area contributed by atoms with Crippen LogP contribution >= 0.6 is 0 Å². The van der Waals surface area contributed by atoms with Gasteiger partial charge >= 0.3 is 0 Å². The van der Waals surface area contributed by atoms with Crippen molar-refractivity contribution in [2.45, 2.75) is 72.3 Å². The minimum absolute atomic E-state index is 0.558. The number of hydrogen-bond donors (Lipinski definition) is 11. The Hall–Kier alpha value is -0.640. The highest BCUT2D eigenvalue weighted by atomic mass is 16.8. The first kappa shape index (κ1) is 27.9. The highest BCUT2D eigenvalue weighted by Gasteiger charge is 2.58. The summed E-state index contributed by atoms with van der Waals surface area (Å²) in [4.78, 5) is 0. The van der Waals surface area contributed by atoms with Gasteiger partial charge in [0.1, 0.15) is 74.8 Å². The zero-order chi connectivity index (χ0) is 25.5. The minimum Gasteiger partial charge on any atom is -0.391 e. The van der Waals surface area contributed by atoms with Gasteiger partial charge in [-0.3, -0.25) is 0 Å². The maximum absolute atomic E-state index is 10.6. The molecule has 3 fully saturated rings. The molecular formula is C18H32O16. The monoisotopic (exact) mass is 504 g/mol. The first-order valence-electron chi connectivity index (χ1n) is 10.5. The van der Waals surface area contributed by atoms with Gasteiger partial charge in [-0.25, -0.2) is 0 Å². The lowest BCUT2D eigenvalue weighted by Gasteiger charge is -2.49. The minimum atomic E-state index is -2.62. The van der Waals surface area contributed by atoms with Crippen molar-refractivity contribution >= 4 is 0 Å². The molecule has 34 heavy (non-hydrogen) atoms. The Kier molecular flexibility index (Phi) is 8.53. The van der Waals surface area contributed by atoms with E-state index < -0.39 is 112 Å². The molecule has 0 aromatic rings. The Labute approximate surface area is 192 Å². The molecule has 200 valence electrons. The average molecular weight is 504 g/mol. The van der Waals surface area contributed by atoms with E-state index in [9.17, 15) is 56.2 Å². The fraction of sp³-hybridized carbons (Fsp3) is 1.00. The van der Waals surface area contributed by atoms with Crippen molar-refractivity contribution in [3.8, 4) is 0 Å². The summed E-state index contributed by atoms with van der Waals surface area (Å²) in [6.07, 6.45) is -16.2. The Balaban J connectivity index is 1.81. The molecular weight excluding hydrogens is 472 g/mol. The fourth-order valence-electron chi connectivity index (χ4n) is 3.84. The molecule has 16 nitrogen and oxygen atoms in total. The van der Waals surface area contributed by atoms with Gasteiger partial charge in [0.15, 0.2) is 0 Å². The highest BCUT2D eigenvalue weighted by Crippen LogP contribution is 2.35. The van der Waals surface area contributed by atoms with Crippen LogP contribution in [0.5, 0.6) is 0 Å². The van der Waals surface area contributed by atoms with E-state index in [0.717, 1.165) is 0 Å². The Bertz CT molecular complexity index is 684. The van der Waals surface area contributed by atoms with Crippen LogP contribution in [0.4, 0.5) is 0 Å². The van der Waals surface area contributed by atoms with Gasteiger partial charge in [-0.1, -0.05) is 0 Å². The highest BCUT2D eigenvalue weighted by molar-refractivity contribution is 4.98. The van der Waals surface area contributed by atoms with Crippen LogP contribution < -0.4 is 0 Å². The van der Waals surface area contributed by atoms with Gasteiger partial charge < -0.3 is 79.9 Å². The normalized spacial score (nSPS) is 52.5. The first-order chi connectivity index (χ1) is 15.8. The lowest BCUT2D eigenvalue weighted by molar-refractivity contribution is -0.416. The van der Waals surface area contributed by atoms with E-state index >= 15 is 0 Å². The molecule has 12 atom stereocenters. The van der Waals surface area contributed by atoms with Crippen LogP contribution in [0.3, 0.4) is 0 Å². The Morgan fingerprint density at radius 2 is 1.00 bits per heavy atom. The van der Waals surface area contributed by atoms with Gasteiger partial charge in [0, 0.05) is 0 Å². The second kappa shape index (κ2) is 10.4. The maximum atomic E-state index is 10.6. The zero-order valence-electron chi connectivity index (χ0n) is 17.9. The number of aliphatic hydroxyl groups excluding tert-OH is 10. The van der Waals surface area contributed by atoms with Crippen molar-refractivity contribution in [2.24, 2.45) is 0 Å². The van der Waals surface area contributed by atoms with Crippen LogP contribution in [0.2, 0.25) is 0 Å². The van der Waals surface area contributed by atoms with Gasteiger partial charge in [0.2, 0.25) is 17.4 Å². The van der Waals surface area contributed by atoms with Crippen LogP contribution in [0, 0.1) is 0 Å². The number of rotatable bonds is 7. The lowest BCUT2D eigenvalue weighted by atomic mass is 9.94. The molecule has 11 N–H and O–H groups in total. The van der Waals surface area contributed by atoms with Crippen molar-refractivity contribution in [2.75, 3.05) is 39.6 Å². The molecule has 0 aromatic carbocycles. The standard InChI is InChI=1S/C18H32O16/c19-4-17(14(27)11(24)8(21)2-31-17)34-6-18(15(28)12(25)9(22)3-32-18)33-5-16(29)13(26)10(23)7(20)1-30-16/h7-15,19-29H,1-6H2/t7-,8-,9-,10-,11-,12-,13+,14+,15+,16-,17+,18+/m1/s1. The second-order valence-corrected chi connectivity index (χ2v) is 8.65. The summed E-state index contributed by atoms with van der Waals surface area (Å²) in [7, 11) is 0. The molecule has 0 aromatic heterocycles. The Morgan fingerprint density at radius 3 is 1.53 bits per heavy atom. The summed E-state index contributed by atoms with van der Waals surface area (Å²) >= 11 is 0. The van der Waals surface area contributed by atoms with Crippen LogP contribution in [0.25, 0.3) is 0 Å². The number of aliphatic hydroxyl groups is 11. The van der Waals surface area contributed by atoms with E-state index in [0.29, 0.717) is 0 Å². The van der Waals surface area contributed by atoms with Crippen LogP contribution in [0.15, 0.2) is 0 Å². The van der Waals surface area contributed by atoms with Crippen molar-refractivity contribution in [1.29, 1.82) is 0 Å². The topological polar surface area (TPSA) is 269 Å². The molecule has 3 rings (SSSR count). The van der Waals surface area contributed by atoms with Crippen molar-refractivity contribution < 1.29 is 79.9 Å². The second-order valence-electron chi connectivity index (χ2n) is 8.65. The van der Waals surface area contributed by atoms with E-state index in [-0.39, 0.29) is 0 Å². The van der Waals surface area contributed by atoms with Crippen molar-refractivity contribution in [3.63, 3.8) is 0 Å². The van der Waals surface area contributed by atoms with E-state index in [2.05, 4.69) is 0 Å². The smallest absolute Gasteiger partial charge is 0.221 e.